The molecule has 14 nitrogen and oxygen atoms in total. The highest BCUT2D eigenvalue weighted by molar-refractivity contribution is 7.60. The van der Waals surface area contributed by atoms with E-state index in [0.29, 0.717) is 25.2 Å². The summed E-state index contributed by atoms with van der Waals surface area (Å²) in [5, 5.41) is 3.28. The summed E-state index contributed by atoms with van der Waals surface area (Å²) in [4.78, 5) is 40.8. The van der Waals surface area contributed by atoms with Crippen LogP contribution in [0.2, 0.25) is 0 Å². The summed E-state index contributed by atoms with van der Waals surface area (Å²) >= 11 is 0. The van der Waals surface area contributed by atoms with Crippen LogP contribution in [0.4, 0.5) is 24.8 Å². The molecule has 1 aliphatic heterocycles. The summed E-state index contributed by atoms with van der Waals surface area (Å²) in [5.74, 6) is -3.55. The van der Waals surface area contributed by atoms with E-state index in [4.69, 9.17) is 19.0 Å². The number of rotatable bonds is 9. The van der Waals surface area contributed by atoms with Crippen molar-refractivity contribution in [3.05, 3.63) is 41.4 Å². The van der Waals surface area contributed by atoms with Gasteiger partial charge in [-0.2, -0.15) is 9.29 Å². The van der Waals surface area contributed by atoms with Crippen molar-refractivity contribution < 1.29 is 50.6 Å². The van der Waals surface area contributed by atoms with Crippen molar-refractivity contribution in [1.82, 2.24) is 19.1 Å². The monoisotopic (exact) mass is 622 g/mol. The van der Waals surface area contributed by atoms with Crippen LogP contribution in [0.1, 0.15) is 44.6 Å². The molecule has 3 aromatic rings. The smallest absolute Gasteiger partial charge is 0.379 e. The molecule has 1 saturated carbocycles. The molecule has 3 heterocycles. The summed E-state index contributed by atoms with van der Waals surface area (Å²) in [5.41, 5.74) is -0.790. The first-order valence-corrected chi connectivity index (χ1v) is 15.7. The molecule has 0 amide bonds. The predicted octanol–water partition coefficient (Wildman–Crippen LogP) is 3.77. The molecule has 2 fully saturated rings. The van der Waals surface area contributed by atoms with Gasteiger partial charge in [-0.3, -0.25) is 13.7 Å². The average Bonchev–Trinajstić information content (AvgIpc) is 3.50. The maximum Gasteiger partial charge on any atom is 0.482 e. The fourth-order valence-electron chi connectivity index (χ4n) is 4.90. The molecule has 2 atom stereocenters. The van der Waals surface area contributed by atoms with E-state index in [2.05, 4.69) is 24.6 Å². The topological polar surface area (TPSA) is 183 Å². The zero-order chi connectivity index (χ0) is 29.4. The van der Waals surface area contributed by atoms with Gasteiger partial charge in [0, 0.05) is 24.8 Å². The molecule has 0 spiro atoms. The van der Waals surface area contributed by atoms with Crippen molar-refractivity contribution in [3.8, 4) is 0 Å². The molecule has 224 valence electrons. The van der Waals surface area contributed by atoms with Gasteiger partial charge >= 0.3 is 15.6 Å². The lowest BCUT2D eigenvalue weighted by Gasteiger charge is -2.22. The summed E-state index contributed by atoms with van der Waals surface area (Å²) in [6.07, 6.45) is 6.84. The van der Waals surface area contributed by atoms with E-state index in [1.165, 1.54) is 10.8 Å². The van der Waals surface area contributed by atoms with E-state index in [-0.39, 0.29) is 35.4 Å². The number of aromatic nitrogens is 4. The van der Waals surface area contributed by atoms with Crippen LogP contribution in [0.25, 0.3) is 11.2 Å². The predicted molar refractivity (Wildman–Crippen MR) is 136 cm³/mol. The van der Waals surface area contributed by atoms with Gasteiger partial charge in [0.05, 0.1) is 18.8 Å². The number of halogens is 3. The molecular weight excluding hydrogens is 595 g/mol. The summed E-state index contributed by atoms with van der Waals surface area (Å²) in [7, 11) is -10.8. The molecule has 2 aliphatic rings. The molecule has 2 unspecified atom stereocenters. The minimum atomic E-state index is -5.44. The second-order valence-electron chi connectivity index (χ2n) is 9.63. The summed E-state index contributed by atoms with van der Waals surface area (Å²) in [6.45, 7) is -0.427. The maximum atomic E-state index is 14.7. The van der Waals surface area contributed by atoms with Crippen molar-refractivity contribution in [2.24, 2.45) is 4.99 Å². The van der Waals surface area contributed by atoms with Gasteiger partial charge in [-0.25, -0.2) is 32.3 Å². The van der Waals surface area contributed by atoms with Gasteiger partial charge in [0.25, 0.3) is 0 Å². The summed E-state index contributed by atoms with van der Waals surface area (Å²) in [6, 6.07) is 0.548. The van der Waals surface area contributed by atoms with Crippen molar-refractivity contribution in [1.29, 1.82) is 0 Å². The molecule has 1 aromatic carbocycles. The van der Waals surface area contributed by atoms with Crippen LogP contribution in [0, 0.1) is 17.5 Å². The van der Waals surface area contributed by atoms with E-state index >= 15 is 0 Å². The molecule has 19 heteroatoms. The first-order valence-electron chi connectivity index (χ1n) is 12.7. The van der Waals surface area contributed by atoms with Crippen LogP contribution in [0.5, 0.6) is 0 Å². The van der Waals surface area contributed by atoms with Gasteiger partial charge in [-0.05, 0) is 19.3 Å². The fraction of sp³-hybridized carbons (Fsp3) is 0.500. The minimum Gasteiger partial charge on any atom is -0.379 e. The Morgan fingerprint density at radius 2 is 1.80 bits per heavy atom. The molecule has 5 rings (SSSR count). The Labute approximate surface area is 230 Å². The number of anilines is 1. The van der Waals surface area contributed by atoms with Crippen molar-refractivity contribution in [2.45, 2.75) is 57.3 Å². The molecular formula is C22H27F3N6O8P2. The lowest BCUT2D eigenvalue weighted by atomic mass is 9.96. The van der Waals surface area contributed by atoms with Crippen LogP contribution in [0.3, 0.4) is 0 Å². The van der Waals surface area contributed by atoms with Crippen LogP contribution in [-0.2, 0) is 29.4 Å². The Morgan fingerprint density at radius 1 is 1.10 bits per heavy atom. The number of hydrogen-bond acceptors (Lipinski definition) is 9. The molecule has 1 aliphatic carbocycles. The zero-order valence-corrected chi connectivity index (χ0v) is 23.2. The molecule has 41 heavy (non-hydrogen) atoms. The number of benzene rings is 1. The van der Waals surface area contributed by atoms with Gasteiger partial charge in [0.15, 0.2) is 17.3 Å². The van der Waals surface area contributed by atoms with Gasteiger partial charge in [-0.15, -0.1) is 0 Å². The Bertz CT molecular complexity index is 1580. The van der Waals surface area contributed by atoms with Gasteiger partial charge in [0.1, 0.15) is 23.8 Å². The summed E-state index contributed by atoms with van der Waals surface area (Å²) < 4.78 is 83.1. The molecule has 2 aromatic heterocycles. The largest absolute Gasteiger partial charge is 0.482 e. The third-order valence-electron chi connectivity index (χ3n) is 6.69. The SMILES string of the molecule is O=P(O)(O)OP(=O)(O)OCn1c(=Nc2c(F)cc(F)cc2F)n(C2CCOC2)c2nc(NC3CCCCC3)ncc21. The van der Waals surface area contributed by atoms with E-state index < -0.39 is 51.6 Å². The lowest BCUT2D eigenvalue weighted by molar-refractivity contribution is 0.143. The molecule has 0 bridgehead atoms. The van der Waals surface area contributed by atoms with Crippen LogP contribution in [-0.4, -0.2) is 53.0 Å². The average molecular weight is 622 g/mol. The number of phosphoric ester groups is 1. The number of nitrogens with one attached hydrogen (secondary N) is 1. The zero-order valence-electron chi connectivity index (χ0n) is 21.4. The van der Waals surface area contributed by atoms with Crippen molar-refractivity contribution in [3.63, 3.8) is 0 Å². The second-order valence-corrected chi connectivity index (χ2v) is 12.5. The van der Waals surface area contributed by atoms with E-state index in [9.17, 15) is 27.2 Å². The Balaban J connectivity index is 1.69. The number of nitrogens with zero attached hydrogens (tertiary/aromatic N) is 5. The number of hydrogen-bond donors (Lipinski definition) is 4. The van der Waals surface area contributed by atoms with E-state index in [1.54, 1.807) is 0 Å². The molecule has 4 N–H and O–H groups in total. The number of ether oxygens (including phenoxy) is 1. The Morgan fingerprint density at radius 3 is 2.44 bits per heavy atom. The normalized spacial score (nSPS) is 20.5. The standard InChI is InChI=1S/C22H27F3N6O8P2/c23-13-8-16(24)19(17(25)9-13)28-22-30(12-38-41(35,36)39-40(32,33)34)18-10-26-21(27-14-4-2-1-3-5-14)29-20(18)31(22)15-6-7-37-11-15/h8-10,14-15H,1-7,11-12H2,(H,35,36)(H,26,27,29)(H2,32,33,34). The highest BCUT2D eigenvalue weighted by Gasteiger charge is 2.33. The van der Waals surface area contributed by atoms with E-state index in [1.807, 2.05) is 0 Å². The number of phosphoric acid groups is 2. The Hall–Kier alpha value is -2.62. The highest BCUT2D eigenvalue weighted by atomic mass is 31.3. The first kappa shape index (κ1) is 29.9. The maximum absolute atomic E-state index is 14.7. The third kappa shape index (κ3) is 7.07. The second kappa shape index (κ2) is 11.9. The highest BCUT2D eigenvalue weighted by Crippen LogP contribution is 2.57. The molecule has 0 radical (unpaired) electrons. The molecule has 1 saturated heterocycles. The van der Waals surface area contributed by atoms with Crippen LogP contribution >= 0.6 is 15.6 Å². The van der Waals surface area contributed by atoms with Crippen molar-refractivity contribution in [2.75, 3.05) is 18.5 Å². The van der Waals surface area contributed by atoms with Crippen LogP contribution < -0.4 is 10.9 Å². The van der Waals surface area contributed by atoms with Gasteiger partial charge in [0.2, 0.25) is 11.6 Å². The van der Waals surface area contributed by atoms with Gasteiger partial charge < -0.3 is 24.7 Å². The number of fused-ring (bicyclic) bond motifs is 1. The lowest BCUT2D eigenvalue weighted by Crippen LogP contribution is -2.30. The van der Waals surface area contributed by atoms with E-state index in [0.717, 1.165) is 36.7 Å². The quantitative estimate of drug-likeness (QED) is 0.255. The fourth-order valence-corrected chi connectivity index (χ4v) is 6.42. The van der Waals surface area contributed by atoms with Crippen LogP contribution in [0.15, 0.2) is 23.3 Å². The van der Waals surface area contributed by atoms with Gasteiger partial charge in [-0.1, -0.05) is 19.3 Å². The van der Waals surface area contributed by atoms with Crippen molar-refractivity contribution >= 4 is 38.4 Å². The first-order chi connectivity index (χ1) is 19.4. The number of imidazole rings is 1. The Kier molecular flexibility index (Phi) is 8.69. The third-order valence-corrected chi connectivity index (χ3v) is 8.81. The minimum absolute atomic E-state index is 0.129.